The van der Waals surface area contributed by atoms with Crippen LogP contribution < -0.4 is 10.2 Å². The van der Waals surface area contributed by atoms with Gasteiger partial charge in [0.2, 0.25) is 0 Å². The van der Waals surface area contributed by atoms with E-state index in [9.17, 15) is 14.4 Å². The lowest BCUT2D eigenvalue weighted by atomic mass is 9.89. The predicted molar refractivity (Wildman–Crippen MR) is 139 cm³/mol. The van der Waals surface area contributed by atoms with Gasteiger partial charge in [-0.1, -0.05) is 12.1 Å². The summed E-state index contributed by atoms with van der Waals surface area (Å²) in [6, 6.07) is 9.81. The lowest BCUT2D eigenvalue weighted by Crippen LogP contribution is -2.47. The van der Waals surface area contributed by atoms with Crippen LogP contribution in [0.25, 0.3) is 0 Å². The molecule has 2 aromatic rings. The number of rotatable bonds is 7. The summed E-state index contributed by atoms with van der Waals surface area (Å²) in [6.45, 7) is 9.15. The minimum Gasteiger partial charge on any atom is -0.372 e. The van der Waals surface area contributed by atoms with Gasteiger partial charge in [-0.05, 0) is 57.4 Å². The number of benzene rings is 1. The normalized spacial score (nSPS) is 20.9. The number of carbonyl (C=O) groups is 1. The largest absolute Gasteiger partial charge is 0.372 e. The molecule has 0 saturated carbocycles. The number of thioether (sulfide) groups is 1. The van der Waals surface area contributed by atoms with Crippen LogP contribution in [0.4, 0.5) is 15.9 Å². The number of aryl methyl sites for hydroxylation is 1. The first-order chi connectivity index (χ1) is 17.2. The number of hydrogen-bond donors (Lipinski definition) is 1. The zero-order chi connectivity index (χ0) is 25.9. The van der Waals surface area contributed by atoms with Crippen molar-refractivity contribution in [2.24, 2.45) is 0 Å². The third-order valence-corrected chi connectivity index (χ3v) is 7.36. The molecule has 0 aliphatic carbocycles. The van der Waals surface area contributed by atoms with E-state index in [1.807, 2.05) is 12.1 Å². The van der Waals surface area contributed by atoms with Crippen LogP contribution >= 0.6 is 11.8 Å². The van der Waals surface area contributed by atoms with Gasteiger partial charge in [0.05, 0.1) is 30.0 Å². The molecule has 1 fully saturated rings. The maximum Gasteiger partial charge on any atom is 0.255 e. The number of halogens is 1. The molecule has 2 atom stereocenters. The van der Waals surface area contributed by atoms with Crippen LogP contribution in [0.5, 0.6) is 0 Å². The van der Waals surface area contributed by atoms with Crippen molar-refractivity contribution in [3.05, 3.63) is 46.5 Å². The van der Waals surface area contributed by atoms with E-state index in [2.05, 4.69) is 44.0 Å². The fraction of sp³-hybridized carbons (Fsp3) is 0.519. The molecule has 192 valence electrons. The quantitative estimate of drug-likeness (QED) is 0.540. The minimum absolute atomic E-state index is 0.0940. The number of anilines is 2. The lowest BCUT2D eigenvalue weighted by molar-refractivity contribution is -0.117. The van der Waals surface area contributed by atoms with Crippen LogP contribution in [0.3, 0.4) is 0 Å². The topological polar surface area (TPSA) is 87.5 Å². The predicted octanol–water partition coefficient (Wildman–Crippen LogP) is 4.66. The smallest absolute Gasteiger partial charge is 0.255 e. The summed E-state index contributed by atoms with van der Waals surface area (Å²) < 4.78 is 24.5. The number of ether oxygens (including phenoxy) is 2. The number of pyridine rings is 1. The van der Waals surface area contributed by atoms with Crippen LogP contribution in [0.15, 0.2) is 29.3 Å². The molecule has 0 bridgehead atoms. The summed E-state index contributed by atoms with van der Waals surface area (Å²) in [5.74, 6) is 0.984. The van der Waals surface area contributed by atoms with Crippen molar-refractivity contribution < 1.29 is 18.7 Å². The second-order valence-electron chi connectivity index (χ2n) is 10.0. The molecule has 0 spiro atoms. The van der Waals surface area contributed by atoms with Crippen LogP contribution in [0.1, 0.15) is 49.9 Å². The zero-order valence-electron chi connectivity index (χ0n) is 21.3. The van der Waals surface area contributed by atoms with Crippen molar-refractivity contribution in [2.45, 2.75) is 70.0 Å². The Morgan fingerprint density at radius 3 is 2.58 bits per heavy atom. The van der Waals surface area contributed by atoms with Gasteiger partial charge in [0, 0.05) is 36.5 Å². The summed E-state index contributed by atoms with van der Waals surface area (Å²) >= 11 is 1.59. The Kier molecular flexibility index (Phi) is 8.18. The number of nitrogens with one attached hydrogen (secondary N) is 1. The number of nitriles is 1. The highest BCUT2D eigenvalue weighted by Gasteiger charge is 2.34. The van der Waals surface area contributed by atoms with Crippen molar-refractivity contribution >= 4 is 29.2 Å². The SMILES string of the molecule is CC1CN(c2nc(SCCc3ccc(NC(=O)CF)cc3)c(C#N)c3c2COC(C)(C)C3)CC(C)O1. The molecule has 36 heavy (non-hydrogen) atoms. The minimum atomic E-state index is -1.04. The molecular weight excluding hydrogens is 479 g/mol. The monoisotopic (exact) mass is 512 g/mol. The number of amides is 1. The number of fused-ring (bicyclic) bond motifs is 1. The van der Waals surface area contributed by atoms with E-state index in [1.165, 1.54) is 0 Å². The van der Waals surface area contributed by atoms with E-state index in [0.29, 0.717) is 24.3 Å². The summed E-state index contributed by atoms with van der Waals surface area (Å²) in [5, 5.41) is 13.4. The van der Waals surface area contributed by atoms with E-state index in [4.69, 9.17) is 14.5 Å². The first-order valence-electron chi connectivity index (χ1n) is 12.3. The van der Waals surface area contributed by atoms with Gasteiger partial charge < -0.3 is 19.7 Å². The number of morpholine rings is 1. The number of hydrogen-bond acceptors (Lipinski definition) is 7. The van der Waals surface area contributed by atoms with Crippen molar-refractivity contribution in [3.63, 3.8) is 0 Å². The van der Waals surface area contributed by atoms with Gasteiger partial charge >= 0.3 is 0 Å². The summed E-state index contributed by atoms with van der Waals surface area (Å²) in [5.41, 5.74) is 4.02. The number of carbonyl (C=O) groups excluding carboxylic acids is 1. The fourth-order valence-electron chi connectivity index (χ4n) is 4.77. The summed E-state index contributed by atoms with van der Waals surface area (Å²) in [7, 11) is 0. The number of nitrogens with zero attached hydrogens (tertiary/aromatic N) is 3. The highest BCUT2D eigenvalue weighted by Crippen LogP contribution is 2.39. The molecule has 1 aromatic carbocycles. The third-order valence-electron chi connectivity index (χ3n) is 6.39. The molecule has 4 rings (SSSR count). The van der Waals surface area contributed by atoms with E-state index < -0.39 is 12.6 Å². The first-order valence-corrected chi connectivity index (χ1v) is 13.3. The summed E-state index contributed by atoms with van der Waals surface area (Å²) in [4.78, 5) is 18.5. The van der Waals surface area contributed by atoms with Gasteiger partial charge in [0.15, 0.2) is 6.67 Å². The standard InChI is InChI=1S/C27H33FN4O3S/c1-17-14-32(15-18(2)35-17)25-23-16-34-27(3,4)11-21(23)22(13-29)26(31-25)36-10-9-19-5-7-20(8-6-19)30-24(33)12-28/h5-8,17-18H,9-12,14-16H2,1-4H3,(H,30,33). The lowest BCUT2D eigenvalue weighted by Gasteiger charge is -2.40. The number of aromatic nitrogens is 1. The molecule has 1 N–H and O–H groups in total. The van der Waals surface area contributed by atoms with Gasteiger partial charge in [-0.2, -0.15) is 5.26 Å². The average molecular weight is 513 g/mol. The van der Waals surface area contributed by atoms with Crippen LogP contribution in [-0.4, -0.2) is 54.2 Å². The van der Waals surface area contributed by atoms with Crippen molar-refractivity contribution in [1.82, 2.24) is 4.98 Å². The Hall–Kier alpha value is -2.67. The van der Waals surface area contributed by atoms with Crippen molar-refractivity contribution in [1.29, 1.82) is 5.26 Å². The molecule has 9 heteroatoms. The molecule has 1 saturated heterocycles. The molecule has 7 nitrogen and oxygen atoms in total. The highest BCUT2D eigenvalue weighted by atomic mass is 32.2. The maximum absolute atomic E-state index is 12.4. The van der Waals surface area contributed by atoms with E-state index in [0.717, 1.165) is 52.8 Å². The van der Waals surface area contributed by atoms with Gasteiger partial charge in [-0.25, -0.2) is 9.37 Å². The number of alkyl halides is 1. The first kappa shape index (κ1) is 26.4. The molecule has 2 unspecified atom stereocenters. The van der Waals surface area contributed by atoms with Gasteiger partial charge in [0.25, 0.3) is 5.91 Å². The molecule has 2 aliphatic heterocycles. The van der Waals surface area contributed by atoms with E-state index >= 15 is 0 Å². The molecule has 1 aromatic heterocycles. The molecule has 2 aliphatic rings. The second-order valence-corrected chi connectivity index (χ2v) is 11.1. The van der Waals surface area contributed by atoms with E-state index in [1.54, 1.807) is 23.9 Å². The Bertz CT molecular complexity index is 1140. The molecule has 3 heterocycles. The molecular formula is C27H33FN4O3S. The Balaban J connectivity index is 1.57. The van der Waals surface area contributed by atoms with Gasteiger partial charge in [0.1, 0.15) is 16.9 Å². The Morgan fingerprint density at radius 1 is 1.25 bits per heavy atom. The highest BCUT2D eigenvalue weighted by molar-refractivity contribution is 7.99. The van der Waals surface area contributed by atoms with Gasteiger partial charge in [-0.15, -0.1) is 11.8 Å². The Morgan fingerprint density at radius 2 is 1.94 bits per heavy atom. The third kappa shape index (κ3) is 6.17. The van der Waals surface area contributed by atoms with Crippen LogP contribution in [0.2, 0.25) is 0 Å². The summed E-state index contributed by atoms with van der Waals surface area (Å²) in [6.07, 6.45) is 1.62. The van der Waals surface area contributed by atoms with Crippen LogP contribution in [-0.2, 0) is 33.7 Å². The van der Waals surface area contributed by atoms with Crippen molar-refractivity contribution in [2.75, 3.05) is 35.7 Å². The van der Waals surface area contributed by atoms with Crippen molar-refractivity contribution in [3.8, 4) is 6.07 Å². The fourth-order valence-corrected chi connectivity index (χ4v) is 5.77. The average Bonchev–Trinajstić information content (AvgIpc) is 2.83. The zero-order valence-corrected chi connectivity index (χ0v) is 22.1. The maximum atomic E-state index is 12.4. The van der Waals surface area contributed by atoms with Gasteiger partial charge in [-0.3, -0.25) is 4.79 Å². The molecule has 0 radical (unpaired) electrons. The van der Waals surface area contributed by atoms with E-state index in [-0.39, 0.29) is 17.8 Å². The Labute approximate surface area is 216 Å². The second kappa shape index (κ2) is 11.2. The van der Waals surface area contributed by atoms with Crippen LogP contribution in [0, 0.1) is 11.3 Å². The molecule has 1 amide bonds.